The van der Waals surface area contributed by atoms with Gasteiger partial charge in [0.2, 0.25) is 0 Å². The van der Waals surface area contributed by atoms with E-state index >= 15 is 0 Å². The van der Waals surface area contributed by atoms with Crippen LogP contribution in [0.15, 0.2) is 65.6 Å². The molecule has 0 atom stereocenters. The minimum Gasteiger partial charge on any atom is -0.493 e. The molecule has 1 N–H and O–H groups in total. The van der Waals surface area contributed by atoms with Crippen LogP contribution < -0.4 is 20.3 Å². The summed E-state index contributed by atoms with van der Waals surface area (Å²) in [6.07, 6.45) is 1.52. The van der Waals surface area contributed by atoms with Crippen LogP contribution >= 0.6 is 11.6 Å². The maximum Gasteiger partial charge on any atom is 0.257 e. The topological polar surface area (TPSA) is 69.6 Å². The van der Waals surface area contributed by atoms with Gasteiger partial charge in [-0.15, -0.1) is 0 Å². The molecular weight excluding hydrogens is 392 g/mol. The van der Waals surface area contributed by atoms with Crippen molar-refractivity contribution in [3.05, 3.63) is 87.3 Å². The van der Waals surface area contributed by atoms with E-state index in [1.807, 2.05) is 25.1 Å². The molecule has 7 heteroatoms. The van der Waals surface area contributed by atoms with E-state index in [0.717, 1.165) is 5.56 Å². The normalized spacial score (nSPS) is 10.4. The first-order valence-corrected chi connectivity index (χ1v) is 9.45. The van der Waals surface area contributed by atoms with Crippen LogP contribution in [0.3, 0.4) is 0 Å². The Morgan fingerprint density at radius 3 is 2.62 bits per heavy atom. The van der Waals surface area contributed by atoms with Gasteiger partial charge in [-0.05, 0) is 36.8 Å². The maximum atomic E-state index is 12.7. The summed E-state index contributed by atoms with van der Waals surface area (Å²) < 4.78 is 12.2. The van der Waals surface area contributed by atoms with Crippen LogP contribution in [0.2, 0.25) is 5.02 Å². The smallest absolute Gasteiger partial charge is 0.257 e. The molecule has 0 saturated heterocycles. The number of carbonyl (C=O) groups is 1. The molecule has 0 aliphatic rings. The van der Waals surface area contributed by atoms with Crippen LogP contribution in [0.25, 0.3) is 0 Å². The molecule has 29 heavy (non-hydrogen) atoms. The summed E-state index contributed by atoms with van der Waals surface area (Å²) in [6.45, 7) is 2.66. The number of carbonyl (C=O) groups excluding carboxylic acids is 1. The highest BCUT2D eigenvalue weighted by molar-refractivity contribution is 6.31. The van der Waals surface area contributed by atoms with E-state index < -0.39 is 0 Å². The molecular formula is C22H21ClN2O4. The van der Waals surface area contributed by atoms with Gasteiger partial charge >= 0.3 is 0 Å². The van der Waals surface area contributed by atoms with Crippen LogP contribution in [0.5, 0.6) is 11.5 Å². The zero-order valence-electron chi connectivity index (χ0n) is 16.1. The van der Waals surface area contributed by atoms with Gasteiger partial charge in [0.15, 0.2) is 11.5 Å². The Hall–Kier alpha value is -3.25. The molecule has 0 aliphatic heterocycles. The molecule has 0 spiro atoms. The monoisotopic (exact) mass is 412 g/mol. The van der Waals surface area contributed by atoms with Crippen LogP contribution in [-0.4, -0.2) is 24.2 Å². The van der Waals surface area contributed by atoms with Crippen molar-refractivity contribution >= 4 is 23.2 Å². The third kappa shape index (κ3) is 4.97. The average Bonchev–Trinajstić information content (AvgIpc) is 2.72. The maximum absolute atomic E-state index is 12.7. The number of rotatable bonds is 7. The van der Waals surface area contributed by atoms with Crippen molar-refractivity contribution < 1.29 is 14.3 Å². The number of amides is 1. The van der Waals surface area contributed by atoms with Gasteiger partial charge in [0.05, 0.1) is 25.8 Å². The van der Waals surface area contributed by atoms with E-state index in [2.05, 4.69) is 5.32 Å². The molecule has 1 heterocycles. The van der Waals surface area contributed by atoms with Gasteiger partial charge in [-0.1, -0.05) is 29.8 Å². The van der Waals surface area contributed by atoms with Crippen molar-refractivity contribution in [1.82, 2.24) is 4.57 Å². The van der Waals surface area contributed by atoms with Crippen LogP contribution in [-0.2, 0) is 6.54 Å². The quantitative estimate of drug-likeness (QED) is 0.631. The summed E-state index contributed by atoms with van der Waals surface area (Å²) in [5, 5.41) is 3.37. The molecule has 2 aromatic carbocycles. The third-order valence-corrected chi connectivity index (χ3v) is 4.63. The Morgan fingerprint density at radius 1 is 1.10 bits per heavy atom. The van der Waals surface area contributed by atoms with Crippen LogP contribution in [0.1, 0.15) is 22.8 Å². The molecule has 150 valence electrons. The standard InChI is InChI=1S/C22H21ClN2O4/c1-3-29-19-10-9-17(12-20(19)28-2)24-22(27)16-8-11-21(26)25(14-16)13-15-6-4-5-7-18(15)23/h4-12,14H,3,13H2,1-2H3,(H,24,27). The Morgan fingerprint density at radius 2 is 1.90 bits per heavy atom. The third-order valence-electron chi connectivity index (χ3n) is 4.27. The van der Waals surface area contributed by atoms with Gasteiger partial charge in [0.25, 0.3) is 11.5 Å². The highest BCUT2D eigenvalue weighted by Crippen LogP contribution is 2.30. The minimum absolute atomic E-state index is 0.218. The molecule has 0 bridgehead atoms. The van der Waals surface area contributed by atoms with Gasteiger partial charge in [-0.25, -0.2) is 0 Å². The molecule has 0 fully saturated rings. The Balaban J connectivity index is 1.81. The van der Waals surface area contributed by atoms with E-state index in [-0.39, 0.29) is 18.0 Å². The largest absolute Gasteiger partial charge is 0.493 e. The van der Waals surface area contributed by atoms with Crippen LogP contribution in [0.4, 0.5) is 5.69 Å². The number of aromatic nitrogens is 1. The van der Waals surface area contributed by atoms with E-state index in [1.54, 1.807) is 24.3 Å². The Labute approximate surface area is 173 Å². The van der Waals surface area contributed by atoms with E-state index in [1.165, 1.54) is 30.0 Å². The number of nitrogens with one attached hydrogen (secondary N) is 1. The first-order chi connectivity index (χ1) is 14.0. The lowest BCUT2D eigenvalue weighted by Crippen LogP contribution is -2.22. The summed E-state index contributed by atoms with van der Waals surface area (Å²) in [7, 11) is 1.54. The molecule has 1 aromatic heterocycles. The molecule has 0 aliphatic carbocycles. The summed E-state index contributed by atoms with van der Waals surface area (Å²) in [4.78, 5) is 24.9. The number of pyridine rings is 1. The molecule has 3 aromatic rings. The van der Waals surface area contributed by atoms with Crippen molar-refractivity contribution in [2.24, 2.45) is 0 Å². The first-order valence-electron chi connectivity index (χ1n) is 9.08. The number of anilines is 1. The second-order valence-corrected chi connectivity index (χ2v) is 6.64. The number of hydrogen-bond donors (Lipinski definition) is 1. The summed E-state index contributed by atoms with van der Waals surface area (Å²) >= 11 is 6.18. The number of halogens is 1. The van der Waals surface area contributed by atoms with Gasteiger partial charge in [0, 0.05) is 29.0 Å². The van der Waals surface area contributed by atoms with Crippen molar-refractivity contribution in [3.8, 4) is 11.5 Å². The van der Waals surface area contributed by atoms with E-state index in [9.17, 15) is 9.59 Å². The van der Waals surface area contributed by atoms with Crippen molar-refractivity contribution in [1.29, 1.82) is 0 Å². The summed E-state index contributed by atoms with van der Waals surface area (Å²) in [5.74, 6) is 0.777. The Kier molecular flexibility index (Phi) is 6.57. The minimum atomic E-state index is -0.343. The predicted octanol–water partition coefficient (Wildman–Crippen LogP) is 4.21. The lowest BCUT2D eigenvalue weighted by Gasteiger charge is -2.12. The first kappa shape index (κ1) is 20.5. The Bertz CT molecular complexity index is 1080. The van der Waals surface area contributed by atoms with Crippen molar-refractivity contribution in [2.45, 2.75) is 13.5 Å². The SMILES string of the molecule is CCOc1ccc(NC(=O)c2ccc(=O)n(Cc3ccccc3Cl)c2)cc1OC. The molecule has 0 unspecified atom stereocenters. The van der Waals surface area contributed by atoms with Gasteiger partial charge in [-0.3, -0.25) is 9.59 Å². The number of benzene rings is 2. The fourth-order valence-corrected chi connectivity index (χ4v) is 3.02. The molecule has 6 nitrogen and oxygen atoms in total. The predicted molar refractivity (Wildman–Crippen MR) is 113 cm³/mol. The van der Waals surface area contributed by atoms with Gasteiger partial charge < -0.3 is 19.4 Å². The van der Waals surface area contributed by atoms with Gasteiger partial charge in [-0.2, -0.15) is 0 Å². The molecule has 1 amide bonds. The van der Waals surface area contributed by atoms with Crippen molar-refractivity contribution in [2.75, 3.05) is 19.0 Å². The second kappa shape index (κ2) is 9.30. The number of hydrogen-bond acceptors (Lipinski definition) is 4. The fourth-order valence-electron chi connectivity index (χ4n) is 2.82. The van der Waals surface area contributed by atoms with Gasteiger partial charge in [0.1, 0.15) is 0 Å². The van der Waals surface area contributed by atoms with Crippen molar-refractivity contribution in [3.63, 3.8) is 0 Å². The van der Waals surface area contributed by atoms with E-state index in [0.29, 0.717) is 34.4 Å². The molecule has 0 saturated carbocycles. The molecule has 0 radical (unpaired) electrons. The lowest BCUT2D eigenvalue weighted by atomic mass is 10.2. The molecule has 3 rings (SSSR count). The van der Waals surface area contributed by atoms with E-state index in [4.69, 9.17) is 21.1 Å². The average molecular weight is 413 g/mol. The number of methoxy groups -OCH3 is 1. The summed E-state index contributed by atoms with van der Waals surface area (Å²) in [5.41, 5.74) is 1.48. The zero-order valence-corrected chi connectivity index (χ0v) is 16.9. The highest BCUT2D eigenvalue weighted by Gasteiger charge is 2.12. The second-order valence-electron chi connectivity index (χ2n) is 6.23. The summed E-state index contributed by atoms with van der Waals surface area (Å²) in [6, 6.07) is 15.3. The number of nitrogens with zero attached hydrogens (tertiary/aromatic N) is 1. The highest BCUT2D eigenvalue weighted by atomic mass is 35.5. The van der Waals surface area contributed by atoms with Crippen LogP contribution in [0, 0.1) is 0 Å². The zero-order chi connectivity index (χ0) is 20.8. The fraction of sp³-hybridized carbons (Fsp3) is 0.182. The lowest BCUT2D eigenvalue weighted by molar-refractivity contribution is 0.102. The number of ether oxygens (including phenoxy) is 2.